The van der Waals surface area contributed by atoms with E-state index in [1.165, 1.54) is 19.3 Å². The highest BCUT2D eigenvalue weighted by Crippen LogP contribution is 2.37. The van der Waals surface area contributed by atoms with Crippen molar-refractivity contribution in [1.29, 1.82) is 0 Å². The first-order chi connectivity index (χ1) is 8.26. The van der Waals surface area contributed by atoms with Gasteiger partial charge in [0.15, 0.2) is 0 Å². The van der Waals surface area contributed by atoms with Gasteiger partial charge in [-0.1, -0.05) is 13.3 Å². The van der Waals surface area contributed by atoms with Crippen LogP contribution in [0.5, 0.6) is 0 Å². The number of carbonyl (C=O) groups is 1. The maximum absolute atomic E-state index is 11.9. The number of carbonyl (C=O) groups excluding carboxylic acids is 1. The minimum Gasteiger partial charge on any atom is -0.462 e. The second-order valence-electron chi connectivity index (χ2n) is 5.26. The zero-order valence-electron chi connectivity index (χ0n) is 11.0. The minimum absolute atomic E-state index is 0.0196. The van der Waals surface area contributed by atoms with Crippen molar-refractivity contribution in [2.24, 2.45) is 11.8 Å². The molecule has 98 valence electrons. The van der Waals surface area contributed by atoms with E-state index in [9.17, 15) is 4.79 Å². The molecule has 2 saturated carbocycles. The van der Waals surface area contributed by atoms with Crippen LogP contribution in [-0.2, 0) is 14.3 Å². The van der Waals surface area contributed by atoms with E-state index in [2.05, 4.69) is 6.92 Å². The molecule has 0 unspecified atom stereocenters. The van der Waals surface area contributed by atoms with Crippen LogP contribution >= 0.6 is 0 Å². The van der Waals surface area contributed by atoms with Crippen molar-refractivity contribution in [3.63, 3.8) is 0 Å². The molecular weight excluding hydrogens is 216 g/mol. The third-order valence-electron chi connectivity index (χ3n) is 4.05. The molecular formula is C14H24O3. The summed E-state index contributed by atoms with van der Waals surface area (Å²) in [5.41, 5.74) is 0. The lowest BCUT2D eigenvalue weighted by Crippen LogP contribution is -2.30. The van der Waals surface area contributed by atoms with Crippen LogP contribution in [0.3, 0.4) is 0 Å². The third-order valence-corrected chi connectivity index (χ3v) is 4.05. The Labute approximate surface area is 104 Å². The standard InChI is InChI=1S/C14H24O3/c1-3-10-7-5-6-8-12(10)17-14(15)11-9-13(11)16-4-2/h10-13H,3-9H2,1-2H3/t10-,11-,12+,13+/m0/s1. The van der Waals surface area contributed by atoms with E-state index >= 15 is 0 Å². The Bertz CT molecular complexity index is 264. The fourth-order valence-electron chi connectivity index (χ4n) is 2.85. The van der Waals surface area contributed by atoms with Gasteiger partial charge in [0.1, 0.15) is 6.10 Å². The van der Waals surface area contributed by atoms with Gasteiger partial charge in [-0.3, -0.25) is 4.79 Å². The molecule has 3 heteroatoms. The molecule has 0 amide bonds. The average Bonchev–Trinajstić information content (AvgIpc) is 3.10. The fourth-order valence-corrected chi connectivity index (χ4v) is 2.85. The maximum Gasteiger partial charge on any atom is 0.311 e. The Morgan fingerprint density at radius 1 is 1.18 bits per heavy atom. The maximum atomic E-state index is 11.9. The van der Waals surface area contributed by atoms with Crippen molar-refractivity contribution in [3.8, 4) is 0 Å². The molecule has 2 aliphatic carbocycles. The highest BCUT2D eigenvalue weighted by atomic mass is 16.6. The van der Waals surface area contributed by atoms with Crippen LogP contribution in [0.15, 0.2) is 0 Å². The van der Waals surface area contributed by atoms with Gasteiger partial charge in [0, 0.05) is 6.61 Å². The molecule has 3 nitrogen and oxygen atoms in total. The first-order valence-corrected chi connectivity index (χ1v) is 7.08. The van der Waals surface area contributed by atoms with Gasteiger partial charge in [0.2, 0.25) is 0 Å². The summed E-state index contributed by atoms with van der Waals surface area (Å²) in [6.07, 6.45) is 7.05. The summed E-state index contributed by atoms with van der Waals surface area (Å²) in [4.78, 5) is 11.9. The molecule has 0 aliphatic heterocycles. The number of ether oxygens (including phenoxy) is 2. The lowest BCUT2D eigenvalue weighted by atomic mass is 9.85. The van der Waals surface area contributed by atoms with Crippen LogP contribution < -0.4 is 0 Å². The van der Waals surface area contributed by atoms with Gasteiger partial charge in [0.05, 0.1) is 12.0 Å². The fraction of sp³-hybridized carbons (Fsp3) is 0.929. The number of hydrogen-bond donors (Lipinski definition) is 0. The molecule has 0 spiro atoms. The van der Waals surface area contributed by atoms with Crippen LogP contribution in [0.1, 0.15) is 52.4 Å². The van der Waals surface area contributed by atoms with E-state index in [0.717, 1.165) is 19.3 Å². The van der Waals surface area contributed by atoms with Crippen molar-refractivity contribution in [2.45, 2.75) is 64.6 Å². The highest BCUT2D eigenvalue weighted by Gasteiger charge is 2.46. The molecule has 2 fully saturated rings. The van der Waals surface area contributed by atoms with Crippen molar-refractivity contribution >= 4 is 5.97 Å². The molecule has 17 heavy (non-hydrogen) atoms. The first kappa shape index (κ1) is 12.9. The van der Waals surface area contributed by atoms with Crippen molar-refractivity contribution in [1.82, 2.24) is 0 Å². The zero-order chi connectivity index (χ0) is 12.3. The molecule has 0 bridgehead atoms. The molecule has 4 atom stereocenters. The van der Waals surface area contributed by atoms with Gasteiger partial charge in [-0.15, -0.1) is 0 Å². The average molecular weight is 240 g/mol. The molecule has 2 rings (SSSR count). The molecule has 0 aromatic carbocycles. The lowest BCUT2D eigenvalue weighted by molar-refractivity contribution is -0.156. The predicted molar refractivity (Wildman–Crippen MR) is 65.7 cm³/mol. The monoisotopic (exact) mass is 240 g/mol. The molecule has 2 aliphatic rings. The Morgan fingerprint density at radius 3 is 2.65 bits per heavy atom. The number of hydrogen-bond acceptors (Lipinski definition) is 3. The number of rotatable bonds is 5. The molecule has 0 heterocycles. The van der Waals surface area contributed by atoms with Gasteiger partial charge in [-0.05, 0) is 44.9 Å². The Hall–Kier alpha value is -0.570. The second kappa shape index (κ2) is 5.85. The SMILES string of the molecule is CCO[C@@H]1C[C@@H]1C(=O)O[C@@H]1CCCC[C@@H]1CC. The molecule has 0 saturated heterocycles. The van der Waals surface area contributed by atoms with E-state index in [0.29, 0.717) is 12.5 Å². The van der Waals surface area contributed by atoms with Crippen LogP contribution in [0.2, 0.25) is 0 Å². The summed E-state index contributed by atoms with van der Waals surface area (Å²) in [5.74, 6) is 0.583. The van der Waals surface area contributed by atoms with E-state index in [4.69, 9.17) is 9.47 Å². The van der Waals surface area contributed by atoms with Gasteiger partial charge < -0.3 is 9.47 Å². The van der Waals surface area contributed by atoms with Crippen molar-refractivity contribution < 1.29 is 14.3 Å². The summed E-state index contributed by atoms with van der Waals surface area (Å²) < 4.78 is 11.1. The number of esters is 1. The molecule has 0 N–H and O–H groups in total. The van der Waals surface area contributed by atoms with E-state index in [1.54, 1.807) is 0 Å². The van der Waals surface area contributed by atoms with Crippen molar-refractivity contribution in [3.05, 3.63) is 0 Å². The van der Waals surface area contributed by atoms with Crippen LogP contribution in [0.4, 0.5) is 0 Å². The smallest absolute Gasteiger partial charge is 0.311 e. The van der Waals surface area contributed by atoms with E-state index in [1.807, 2.05) is 6.92 Å². The lowest BCUT2D eigenvalue weighted by Gasteiger charge is -2.30. The molecule has 0 radical (unpaired) electrons. The van der Waals surface area contributed by atoms with Crippen LogP contribution in [-0.4, -0.2) is 24.8 Å². The molecule has 0 aromatic heterocycles. The third kappa shape index (κ3) is 3.21. The van der Waals surface area contributed by atoms with Gasteiger partial charge in [-0.25, -0.2) is 0 Å². The summed E-state index contributed by atoms with van der Waals surface area (Å²) in [6.45, 7) is 4.85. The first-order valence-electron chi connectivity index (χ1n) is 7.08. The van der Waals surface area contributed by atoms with E-state index < -0.39 is 0 Å². The van der Waals surface area contributed by atoms with Crippen LogP contribution in [0.25, 0.3) is 0 Å². The summed E-state index contributed by atoms with van der Waals surface area (Å²) in [6, 6.07) is 0. The van der Waals surface area contributed by atoms with Crippen molar-refractivity contribution in [2.75, 3.05) is 6.61 Å². The summed E-state index contributed by atoms with van der Waals surface area (Å²) in [5, 5.41) is 0. The zero-order valence-corrected chi connectivity index (χ0v) is 11.0. The normalized spacial score (nSPS) is 36.6. The Balaban J connectivity index is 1.78. The highest BCUT2D eigenvalue weighted by molar-refractivity contribution is 5.76. The summed E-state index contributed by atoms with van der Waals surface area (Å²) >= 11 is 0. The summed E-state index contributed by atoms with van der Waals surface area (Å²) in [7, 11) is 0. The van der Waals surface area contributed by atoms with Gasteiger partial charge >= 0.3 is 5.97 Å². The molecule has 0 aromatic rings. The predicted octanol–water partition coefficient (Wildman–Crippen LogP) is 2.92. The van der Waals surface area contributed by atoms with E-state index in [-0.39, 0.29) is 24.1 Å². The van der Waals surface area contributed by atoms with Gasteiger partial charge in [0.25, 0.3) is 0 Å². The van der Waals surface area contributed by atoms with Gasteiger partial charge in [-0.2, -0.15) is 0 Å². The topological polar surface area (TPSA) is 35.5 Å². The quantitative estimate of drug-likeness (QED) is 0.693. The Morgan fingerprint density at radius 2 is 1.94 bits per heavy atom. The second-order valence-corrected chi connectivity index (χ2v) is 5.26. The van der Waals surface area contributed by atoms with Crippen LogP contribution in [0, 0.1) is 11.8 Å². The Kier molecular flexibility index (Phi) is 4.43. The minimum atomic E-state index is -0.0196. The largest absolute Gasteiger partial charge is 0.462 e.